The lowest BCUT2D eigenvalue weighted by Crippen LogP contribution is -2.12. The van der Waals surface area contributed by atoms with E-state index in [0.29, 0.717) is 0 Å². The van der Waals surface area contributed by atoms with Crippen molar-refractivity contribution in [1.82, 2.24) is 0 Å². The van der Waals surface area contributed by atoms with Gasteiger partial charge < -0.3 is 18.4 Å². The SMILES string of the molecule is COC(=O)c1cc(OC)c(OS(=O)(=O)c2ccc(C)cc2)c(OC)c1. The summed E-state index contributed by atoms with van der Waals surface area (Å²) in [6.07, 6.45) is 0. The molecule has 2 rings (SSSR count). The molecule has 2 aromatic rings. The Morgan fingerprint density at radius 1 is 0.920 bits per heavy atom. The molecule has 0 radical (unpaired) electrons. The number of carbonyl (C=O) groups is 1. The highest BCUT2D eigenvalue weighted by atomic mass is 32.2. The van der Waals surface area contributed by atoms with Gasteiger partial charge in [0.1, 0.15) is 4.90 Å². The molecule has 0 unspecified atom stereocenters. The molecule has 2 aromatic carbocycles. The predicted molar refractivity (Wildman–Crippen MR) is 89.9 cm³/mol. The minimum absolute atomic E-state index is 0.0146. The van der Waals surface area contributed by atoms with Gasteiger partial charge in [-0.15, -0.1) is 0 Å². The van der Waals surface area contributed by atoms with Gasteiger partial charge in [0.2, 0.25) is 5.75 Å². The van der Waals surface area contributed by atoms with E-state index in [1.165, 1.54) is 45.6 Å². The number of esters is 1. The second-order valence-corrected chi connectivity index (χ2v) is 6.60. The van der Waals surface area contributed by atoms with Crippen molar-refractivity contribution in [3.05, 3.63) is 47.5 Å². The second kappa shape index (κ2) is 7.43. The van der Waals surface area contributed by atoms with E-state index in [-0.39, 0.29) is 27.7 Å². The van der Waals surface area contributed by atoms with Crippen molar-refractivity contribution in [2.24, 2.45) is 0 Å². The summed E-state index contributed by atoms with van der Waals surface area (Å²) in [6.45, 7) is 1.84. The lowest BCUT2D eigenvalue weighted by molar-refractivity contribution is 0.0600. The number of benzene rings is 2. The van der Waals surface area contributed by atoms with Gasteiger partial charge in [0, 0.05) is 0 Å². The van der Waals surface area contributed by atoms with Crippen molar-refractivity contribution in [2.75, 3.05) is 21.3 Å². The van der Waals surface area contributed by atoms with Crippen LogP contribution in [0.15, 0.2) is 41.3 Å². The summed E-state index contributed by atoms with van der Waals surface area (Å²) in [4.78, 5) is 11.7. The van der Waals surface area contributed by atoms with Gasteiger partial charge in [-0.25, -0.2) is 4.79 Å². The molecule has 0 fully saturated rings. The third-order valence-electron chi connectivity index (χ3n) is 3.38. The van der Waals surface area contributed by atoms with Crippen LogP contribution in [0.4, 0.5) is 0 Å². The Morgan fingerprint density at radius 2 is 1.44 bits per heavy atom. The van der Waals surface area contributed by atoms with Crippen LogP contribution in [0, 0.1) is 6.92 Å². The highest BCUT2D eigenvalue weighted by Gasteiger charge is 2.24. The van der Waals surface area contributed by atoms with Gasteiger partial charge >= 0.3 is 16.1 Å². The molecule has 0 bridgehead atoms. The van der Waals surface area contributed by atoms with E-state index in [0.717, 1.165) is 5.56 Å². The molecule has 0 spiro atoms. The van der Waals surface area contributed by atoms with Crippen LogP contribution in [-0.4, -0.2) is 35.7 Å². The third-order valence-corrected chi connectivity index (χ3v) is 4.62. The Hall–Kier alpha value is -2.74. The Labute approximate surface area is 146 Å². The number of ether oxygens (including phenoxy) is 3. The maximum atomic E-state index is 12.5. The molecule has 8 heteroatoms. The summed E-state index contributed by atoms with van der Waals surface area (Å²) in [7, 11) is -0.239. The maximum absolute atomic E-state index is 12.5. The quantitative estimate of drug-likeness (QED) is 0.573. The first-order chi connectivity index (χ1) is 11.8. The van der Waals surface area contributed by atoms with Crippen molar-refractivity contribution in [1.29, 1.82) is 0 Å². The fourth-order valence-corrected chi connectivity index (χ4v) is 3.01. The Bertz CT molecular complexity index is 845. The Balaban J connectivity index is 2.50. The molecule has 0 aliphatic carbocycles. The van der Waals surface area contributed by atoms with E-state index < -0.39 is 16.1 Å². The predicted octanol–water partition coefficient (Wildman–Crippen LogP) is 2.57. The first kappa shape index (κ1) is 18.6. The molecular formula is C17H18O7S. The zero-order valence-corrected chi connectivity index (χ0v) is 15.0. The number of carbonyl (C=O) groups excluding carboxylic acids is 1. The molecule has 0 N–H and O–H groups in total. The highest BCUT2D eigenvalue weighted by Crippen LogP contribution is 2.40. The van der Waals surface area contributed by atoms with E-state index >= 15 is 0 Å². The van der Waals surface area contributed by atoms with E-state index in [9.17, 15) is 13.2 Å². The van der Waals surface area contributed by atoms with Gasteiger partial charge in [0.25, 0.3) is 0 Å². The number of methoxy groups -OCH3 is 3. The molecule has 25 heavy (non-hydrogen) atoms. The third kappa shape index (κ3) is 4.03. The summed E-state index contributed by atoms with van der Waals surface area (Å²) >= 11 is 0. The number of hydrogen-bond acceptors (Lipinski definition) is 7. The van der Waals surface area contributed by atoms with E-state index in [4.69, 9.17) is 13.7 Å². The van der Waals surface area contributed by atoms with Gasteiger partial charge in [0.15, 0.2) is 11.5 Å². The molecule has 0 aliphatic heterocycles. The number of aryl methyl sites for hydroxylation is 1. The van der Waals surface area contributed by atoms with Gasteiger partial charge in [0.05, 0.1) is 26.9 Å². The lowest BCUT2D eigenvalue weighted by atomic mass is 10.2. The second-order valence-electron chi connectivity index (χ2n) is 5.05. The largest absolute Gasteiger partial charge is 0.493 e. The molecule has 0 amide bonds. The molecule has 134 valence electrons. The maximum Gasteiger partial charge on any atom is 0.339 e. The average molecular weight is 366 g/mol. The first-order valence-corrected chi connectivity index (χ1v) is 8.58. The van der Waals surface area contributed by atoms with Crippen molar-refractivity contribution in [3.8, 4) is 17.2 Å². The van der Waals surface area contributed by atoms with Crippen LogP contribution >= 0.6 is 0 Å². The van der Waals surface area contributed by atoms with E-state index in [2.05, 4.69) is 4.74 Å². The fourth-order valence-electron chi connectivity index (χ4n) is 2.06. The smallest absolute Gasteiger partial charge is 0.339 e. The van der Waals surface area contributed by atoms with Crippen LogP contribution in [0.1, 0.15) is 15.9 Å². The highest BCUT2D eigenvalue weighted by molar-refractivity contribution is 7.87. The van der Waals surface area contributed by atoms with Crippen LogP contribution in [0.3, 0.4) is 0 Å². The molecule has 0 aliphatic rings. The van der Waals surface area contributed by atoms with Crippen molar-refractivity contribution in [2.45, 2.75) is 11.8 Å². The van der Waals surface area contributed by atoms with Gasteiger partial charge in [-0.05, 0) is 31.2 Å². The lowest BCUT2D eigenvalue weighted by Gasteiger charge is -2.15. The minimum atomic E-state index is -4.11. The monoisotopic (exact) mass is 366 g/mol. The van der Waals surface area contributed by atoms with Crippen LogP contribution in [0.2, 0.25) is 0 Å². The van der Waals surface area contributed by atoms with E-state index in [1.54, 1.807) is 12.1 Å². The molecule has 0 atom stereocenters. The van der Waals surface area contributed by atoms with Crippen LogP contribution in [-0.2, 0) is 14.9 Å². The summed E-state index contributed by atoms with van der Waals surface area (Å²) in [5.74, 6) is -0.728. The summed E-state index contributed by atoms with van der Waals surface area (Å²) in [6, 6.07) is 8.82. The van der Waals surface area contributed by atoms with Crippen molar-refractivity contribution in [3.63, 3.8) is 0 Å². The summed E-state index contributed by atoms with van der Waals surface area (Å²) in [5.41, 5.74) is 1.05. The average Bonchev–Trinajstić information content (AvgIpc) is 2.61. The van der Waals surface area contributed by atoms with Crippen molar-refractivity contribution >= 4 is 16.1 Å². The first-order valence-electron chi connectivity index (χ1n) is 7.18. The molecule has 0 heterocycles. The van der Waals surface area contributed by atoms with Crippen molar-refractivity contribution < 1.29 is 31.6 Å². The topological polar surface area (TPSA) is 88.1 Å². The van der Waals surface area contributed by atoms with Gasteiger partial charge in [-0.1, -0.05) is 17.7 Å². The standard InChI is InChI=1S/C17H18O7S/c1-11-5-7-13(8-6-11)25(19,20)24-16-14(21-2)9-12(17(18)23-4)10-15(16)22-3/h5-10H,1-4H3. The van der Waals surface area contributed by atoms with Gasteiger partial charge in [-0.3, -0.25) is 0 Å². The Kier molecular flexibility index (Phi) is 5.53. The molecule has 0 saturated carbocycles. The zero-order chi connectivity index (χ0) is 18.6. The molecule has 7 nitrogen and oxygen atoms in total. The minimum Gasteiger partial charge on any atom is -0.493 e. The fraction of sp³-hybridized carbons (Fsp3) is 0.235. The molecule has 0 aromatic heterocycles. The zero-order valence-electron chi connectivity index (χ0n) is 14.2. The summed E-state index contributed by atoms with van der Waals surface area (Å²) < 4.78 is 45.1. The van der Waals surface area contributed by atoms with Crippen LogP contribution in [0.5, 0.6) is 17.2 Å². The van der Waals surface area contributed by atoms with Crippen LogP contribution in [0.25, 0.3) is 0 Å². The molecule has 0 saturated heterocycles. The summed E-state index contributed by atoms with van der Waals surface area (Å²) in [5, 5.41) is 0. The van der Waals surface area contributed by atoms with Gasteiger partial charge in [-0.2, -0.15) is 8.42 Å². The van der Waals surface area contributed by atoms with E-state index in [1.807, 2.05) is 6.92 Å². The Morgan fingerprint density at radius 3 is 1.88 bits per heavy atom. The number of hydrogen-bond donors (Lipinski definition) is 0. The normalized spacial score (nSPS) is 10.9. The molecular weight excluding hydrogens is 348 g/mol. The van der Waals surface area contributed by atoms with Crippen LogP contribution < -0.4 is 13.7 Å². The number of rotatable bonds is 6.